The molecule has 0 radical (unpaired) electrons. The minimum absolute atomic E-state index is 0.195. The Morgan fingerprint density at radius 1 is 1.08 bits per heavy atom. The minimum atomic E-state index is -3.47. The van der Waals surface area contributed by atoms with Gasteiger partial charge in [0.15, 0.2) is 0 Å². The van der Waals surface area contributed by atoms with Crippen molar-refractivity contribution in [3.63, 3.8) is 0 Å². The smallest absolute Gasteiger partial charge is 0.241 e. The van der Waals surface area contributed by atoms with Gasteiger partial charge in [-0.25, -0.2) is 13.1 Å². The Morgan fingerprint density at radius 3 is 2.24 bits per heavy atom. The molecule has 1 atom stereocenters. The van der Waals surface area contributed by atoms with E-state index in [0.29, 0.717) is 6.54 Å². The van der Waals surface area contributed by atoms with Crippen LogP contribution in [0.3, 0.4) is 0 Å². The van der Waals surface area contributed by atoms with Crippen molar-refractivity contribution in [2.75, 3.05) is 6.54 Å². The third kappa shape index (κ3) is 5.12. The summed E-state index contributed by atoms with van der Waals surface area (Å²) in [6.45, 7) is 4.30. The van der Waals surface area contributed by atoms with Crippen molar-refractivity contribution in [3.05, 3.63) is 65.2 Å². The van der Waals surface area contributed by atoms with Crippen molar-refractivity contribution < 1.29 is 13.2 Å². The predicted molar refractivity (Wildman–Crippen MR) is 97.3 cm³/mol. The van der Waals surface area contributed by atoms with Gasteiger partial charge in [0, 0.05) is 13.1 Å². The lowest BCUT2D eigenvalue weighted by Gasteiger charge is -2.13. The number of rotatable bonds is 7. The van der Waals surface area contributed by atoms with Crippen molar-refractivity contribution in [2.45, 2.75) is 31.3 Å². The van der Waals surface area contributed by atoms with Gasteiger partial charge >= 0.3 is 0 Å². The van der Waals surface area contributed by atoms with E-state index in [-0.39, 0.29) is 17.3 Å². The summed E-state index contributed by atoms with van der Waals surface area (Å²) in [7, 11) is -3.47. The lowest BCUT2D eigenvalue weighted by Crippen LogP contribution is -2.33. The van der Waals surface area contributed by atoms with E-state index in [4.69, 9.17) is 5.73 Å². The van der Waals surface area contributed by atoms with Crippen LogP contribution in [0.1, 0.15) is 29.7 Å². The molecule has 0 aliphatic rings. The highest BCUT2D eigenvalue weighted by Gasteiger charge is 2.16. The van der Waals surface area contributed by atoms with Crippen LogP contribution in [0.2, 0.25) is 0 Å². The van der Waals surface area contributed by atoms with Gasteiger partial charge in [-0.3, -0.25) is 4.79 Å². The van der Waals surface area contributed by atoms with E-state index in [1.165, 1.54) is 12.1 Å². The van der Waals surface area contributed by atoms with E-state index in [1.807, 2.05) is 31.2 Å². The molecule has 0 aromatic heterocycles. The maximum absolute atomic E-state index is 12.2. The van der Waals surface area contributed by atoms with Crippen molar-refractivity contribution >= 4 is 15.9 Å². The molecule has 0 aliphatic heterocycles. The third-order valence-electron chi connectivity index (χ3n) is 3.75. The molecule has 0 fully saturated rings. The van der Waals surface area contributed by atoms with E-state index in [0.717, 1.165) is 16.7 Å². The van der Waals surface area contributed by atoms with Crippen molar-refractivity contribution in [3.8, 4) is 0 Å². The Kier molecular flexibility index (Phi) is 6.30. The topological polar surface area (TPSA) is 101 Å². The fraction of sp³-hybridized carbons (Fsp3) is 0.278. The van der Waals surface area contributed by atoms with Crippen molar-refractivity contribution in [2.24, 2.45) is 5.73 Å². The molecule has 0 aliphatic carbocycles. The number of nitrogens with two attached hydrogens (primary N) is 1. The van der Waals surface area contributed by atoms with Gasteiger partial charge in [-0.1, -0.05) is 48.9 Å². The molecule has 0 bridgehead atoms. The zero-order valence-corrected chi connectivity index (χ0v) is 15.1. The first-order valence-corrected chi connectivity index (χ1v) is 9.50. The molecule has 0 heterocycles. The standard InChI is InChI=1S/C18H23N3O3S/c1-3-21-25(23,24)16-10-6-14(7-11-16)12-20-18(22)17(19)15-8-4-13(2)5-9-15/h4-11,17,21H,3,12,19H2,1-2H3,(H,20,22). The molecule has 1 unspecified atom stereocenters. The molecular formula is C18H23N3O3S. The van der Waals surface area contributed by atoms with Gasteiger partial charge in [-0.2, -0.15) is 0 Å². The molecule has 2 aromatic rings. The quantitative estimate of drug-likeness (QED) is 0.697. The monoisotopic (exact) mass is 361 g/mol. The van der Waals surface area contributed by atoms with Crippen molar-refractivity contribution in [1.82, 2.24) is 10.0 Å². The summed E-state index contributed by atoms with van der Waals surface area (Å²) >= 11 is 0. The minimum Gasteiger partial charge on any atom is -0.350 e. The fourth-order valence-corrected chi connectivity index (χ4v) is 3.33. The van der Waals surface area contributed by atoms with Crippen LogP contribution in [0.15, 0.2) is 53.4 Å². The molecule has 7 heteroatoms. The lowest BCUT2D eigenvalue weighted by atomic mass is 10.1. The molecule has 2 rings (SSSR count). The second-order valence-electron chi connectivity index (χ2n) is 5.75. The molecule has 0 saturated carbocycles. The Labute approximate surface area is 148 Å². The lowest BCUT2D eigenvalue weighted by molar-refractivity contribution is -0.122. The Bertz CT molecular complexity index is 816. The highest BCUT2D eigenvalue weighted by atomic mass is 32.2. The molecule has 2 aromatic carbocycles. The second-order valence-corrected chi connectivity index (χ2v) is 7.52. The first-order valence-electron chi connectivity index (χ1n) is 8.02. The predicted octanol–water partition coefficient (Wildman–Crippen LogP) is 1.61. The van der Waals surface area contributed by atoms with Crippen LogP contribution in [0, 0.1) is 6.92 Å². The normalized spacial score (nSPS) is 12.6. The molecule has 134 valence electrons. The van der Waals surface area contributed by atoms with Gasteiger partial charge in [-0.05, 0) is 30.2 Å². The van der Waals surface area contributed by atoms with E-state index < -0.39 is 16.1 Å². The summed E-state index contributed by atoms with van der Waals surface area (Å²) in [6, 6.07) is 13.1. The zero-order valence-electron chi connectivity index (χ0n) is 14.3. The fourth-order valence-electron chi connectivity index (χ4n) is 2.28. The zero-order chi connectivity index (χ0) is 18.4. The van der Waals surface area contributed by atoms with E-state index in [9.17, 15) is 13.2 Å². The molecular weight excluding hydrogens is 338 g/mol. The summed E-state index contributed by atoms with van der Waals surface area (Å²) in [5, 5.41) is 2.77. The van der Waals surface area contributed by atoms with Crippen LogP contribution in [-0.4, -0.2) is 20.9 Å². The third-order valence-corrected chi connectivity index (χ3v) is 5.32. The summed E-state index contributed by atoms with van der Waals surface area (Å²) in [5.74, 6) is -0.284. The summed E-state index contributed by atoms with van der Waals surface area (Å²) in [5.41, 5.74) is 8.61. The maximum atomic E-state index is 12.2. The number of nitrogens with one attached hydrogen (secondary N) is 2. The Hall–Kier alpha value is -2.22. The van der Waals surface area contributed by atoms with Crippen LogP contribution >= 0.6 is 0 Å². The summed E-state index contributed by atoms with van der Waals surface area (Å²) < 4.78 is 26.2. The van der Waals surface area contributed by atoms with Gasteiger partial charge in [0.1, 0.15) is 6.04 Å². The van der Waals surface area contributed by atoms with Gasteiger partial charge < -0.3 is 11.1 Å². The average molecular weight is 361 g/mol. The number of amides is 1. The SMILES string of the molecule is CCNS(=O)(=O)c1ccc(CNC(=O)C(N)c2ccc(C)cc2)cc1. The van der Waals surface area contributed by atoms with Gasteiger partial charge in [0.05, 0.1) is 4.90 Å². The number of hydrogen-bond donors (Lipinski definition) is 3. The van der Waals surface area contributed by atoms with Crippen LogP contribution in [0.5, 0.6) is 0 Å². The first kappa shape index (κ1) is 19.1. The highest BCUT2D eigenvalue weighted by Crippen LogP contribution is 2.13. The molecule has 4 N–H and O–H groups in total. The molecule has 0 saturated heterocycles. The number of carbonyl (C=O) groups excluding carboxylic acids is 1. The number of sulfonamides is 1. The maximum Gasteiger partial charge on any atom is 0.241 e. The summed E-state index contributed by atoms with van der Waals surface area (Å²) in [4.78, 5) is 12.4. The molecule has 25 heavy (non-hydrogen) atoms. The van der Waals surface area contributed by atoms with E-state index in [1.54, 1.807) is 19.1 Å². The van der Waals surface area contributed by atoms with Crippen LogP contribution < -0.4 is 15.8 Å². The van der Waals surface area contributed by atoms with Crippen LogP contribution in [-0.2, 0) is 21.4 Å². The van der Waals surface area contributed by atoms with Crippen molar-refractivity contribution in [1.29, 1.82) is 0 Å². The second kappa shape index (κ2) is 8.24. The average Bonchev–Trinajstić information content (AvgIpc) is 2.60. The Morgan fingerprint density at radius 2 is 1.68 bits per heavy atom. The summed E-state index contributed by atoms with van der Waals surface area (Å²) in [6.07, 6.45) is 0. The van der Waals surface area contributed by atoms with Gasteiger partial charge in [0.2, 0.25) is 15.9 Å². The molecule has 1 amide bonds. The number of benzene rings is 2. The number of carbonyl (C=O) groups is 1. The number of aryl methyl sites for hydroxylation is 1. The number of hydrogen-bond acceptors (Lipinski definition) is 4. The van der Waals surface area contributed by atoms with E-state index >= 15 is 0 Å². The van der Waals surface area contributed by atoms with Crippen LogP contribution in [0.25, 0.3) is 0 Å². The van der Waals surface area contributed by atoms with Gasteiger partial charge in [-0.15, -0.1) is 0 Å². The van der Waals surface area contributed by atoms with E-state index in [2.05, 4.69) is 10.0 Å². The highest BCUT2D eigenvalue weighted by molar-refractivity contribution is 7.89. The largest absolute Gasteiger partial charge is 0.350 e. The van der Waals surface area contributed by atoms with Gasteiger partial charge in [0.25, 0.3) is 0 Å². The molecule has 0 spiro atoms. The molecule has 6 nitrogen and oxygen atoms in total. The Balaban J connectivity index is 1.96. The van der Waals surface area contributed by atoms with Crippen LogP contribution in [0.4, 0.5) is 0 Å². The first-order chi connectivity index (χ1) is 11.8.